The van der Waals surface area contributed by atoms with Gasteiger partial charge in [-0.05, 0) is 31.4 Å². The molecule has 0 atom stereocenters. The van der Waals surface area contributed by atoms with Crippen LogP contribution in [0.1, 0.15) is 31.4 Å². The highest BCUT2D eigenvalue weighted by Crippen LogP contribution is 2.18. The van der Waals surface area contributed by atoms with Gasteiger partial charge < -0.3 is 0 Å². The smallest absolute Gasteiger partial charge is 0.0225 e. The van der Waals surface area contributed by atoms with Crippen molar-refractivity contribution < 1.29 is 0 Å². The van der Waals surface area contributed by atoms with E-state index < -0.39 is 0 Å². The van der Waals surface area contributed by atoms with E-state index in [0.717, 1.165) is 6.42 Å². The Kier molecular flexibility index (Phi) is 3.09. The molecule has 1 aromatic rings. The lowest BCUT2D eigenvalue weighted by molar-refractivity contribution is 1.23. The van der Waals surface area contributed by atoms with Crippen LogP contribution in [0.5, 0.6) is 0 Å². The molecule has 0 nitrogen and oxygen atoms in total. The second-order valence-electron chi connectivity index (χ2n) is 3.04. The van der Waals surface area contributed by atoms with Gasteiger partial charge in [0.1, 0.15) is 0 Å². The van der Waals surface area contributed by atoms with Gasteiger partial charge in [-0.2, -0.15) is 0 Å². The first-order chi connectivity index (χ1) is 5.77. The van der Waals surface area contributed by atoms with E-state index in [4.69, 9.17) is 0 Å². The number of rotatable bonds is 2. The first kappa shape index (κ1) is 9.05. The molecule has 0 aliphatic carbocycles. The molecular weight excluding hydrogens is 144 g/mol. The minimum Gasteiger partial charge on any atom is -0.0839 e. The zero-order chi connectivity index (χ0) is 8.97. The van der Waals surface area contributed by atoms with Crippen molar-refractivity contribution in [2.24, 2.45) is 0 Å². The fourth-order valence-corrected chi connectivity index (χ4v) is 1.42. The molecule has 0 saturated heterocycles. The number of allylic oxidation sites excluding steroid dienone is 2. The summed E-state index contributed by atoms with van der Waals surface area (Å²) in [5.41, 5.74) is 4.12. The normalized spacial score (nSPS) is 11.8. The van der Waals surface area contributed by atoms with Gasteiger partial charge in [-0.15, -0.1) is 0 Å². The molecule has 12 heavy (non-hydrogen) atoms. The van der Waals surface area contributed by atoms with Crippen LogP contribution in [-0.2, 0) is 0 Å². The van der Waals surface area contributed by atoms with Crippen LogP contribution in [0.3, 0.4) is 0 Å². The third kappa shape index (κ3) is 1.97. The summed E-state index contributed by atoms with van der Waals surface area (Å²) >= 11 is 0. The van der Waals surface area contributed by atoms with Crippen molar-refractivity contribution >= 4 is 5.57 Å². The first-order valence-corrected chi connectivity index (χ1v) is 4.50. The van der Waals surface area contributed by atoms with Crippen LogP contribution in [-0.4, -0.2) is 0 Å². The zero-order valence-corrected chi connectivity index (χ0v) is 8.09. The van der Waals surface area contributed by atoms with Crippen molar-refractivity contribution in [3.05, 3.63) is 41.5 Å². The maximum absolute atomic E-state index is 2.23. The van der Waals surface area contributed by atoms with Gasteiger partial charge in [0.15, 0.2) is 0 Å². The maximum atomic E-state index is 2.23. The average Bonchev–Trinajstić information content (AvgIpc) is 2.07. The molecule has 0 N–H and O–H groups in total. The van der Waals surface area contributed by atoms with Crippen molar-refractivity contribution in [1.82, 2.24) is 0 Å². The fourth-order valence-electron chi connectivity index (χ4n) is 1.42. The summed E-state index contributed by atoms with van der Waals surface area (Å²) in [7, 11) is 0. The van der Waals surface area contributed by atoms with Gasteiger partial charge >= 0.3 is 0 Å². The summed E-state index contributed by atoms with van der Waals surface area (Å²) in [6.07, 6.45) is 3.30. The van der Waals surface area contributed by atoms with Gasteiger partial charge in [-0.3, -0.25) is 0 Å². The third-order valence-electron chi connectivity index (χ3n) is 2.12. The molecule has 0 heterocycles. The van der Waals surface area contributed by atoms with Crippen molar-refractivity contribution in [2.75, 3.05) is 0 Å². The van der Waals surface area contributed by atoms with Crippen LogP contribution in [0.15, 0.2) is 30.3 Å². The van der Waals surface area contributed by atoms with Crippen LogP contribution < -0.4 is 0 Å². The molecule has 1 aromatic carbocycles. The average molecular weight is 160 g/mol. The molecule has 0 fully saturated rings. The van der Waals surface area contributed by atoms with E-state index in [-0.39, 0.29) is 0 Å². The fraction of sp³-hybridized carbons (Fsp3) is 0.333. The highest BCUT2D eigenvalue weighted by Gasteiger charge is 1.96. The van der Waals surface area contributed by atoms with E-state index in [1.54, 1.807) is 0 Å². The van der Waals surface area contributed by atoms with E-state index in [1.165, 1.54) is 16.7 Å². The maximum Gasteiger partial charge on any atom is -0.0225 e. The van der Waals surface area contributed by atoms with Crippen LogP contribution >= 0.6 is 0 Å². The molecule has 0 aliphatic rings. The second-order valence-corrected chi connectivity index (χ2v) is 3.04. The summed E-state index contributed by atoms with van der Waals surface area (Å²) in [5, 5.41) is 0. The third-order valence-corrected chi connectivity index (χ3v) is 2.12. The Labute approximate surface area is 74.9 Å². The van der Waals surface area contributed by atoms with Crippen molar-refractivity contribution in [3.63, 3.8) is 0 Å². The molecule has 0 unspecified atom stereocenters. The molecule has 64 valence electrons. The van der Waals surface area contributed by atoms with Crippen LogP contribution in [0.4, 0.5) is 0 Å². The summed E-state index contributed by atoms with van der Waals surface area (Å²) < 4.78 is 0. The number of aryl methyl sites for hydroxylation is 1. The predicted octanol–water partition coefficient (Wildman–Crippen LogP) is 3.81. The lowest BCUT2D eigenvalue weighted by atomic mass is 10.0. The molecule has 0 spiro atoms. The van der Waals surface area contributed by atoms with E-state index in [2.05, 4.69) is 51.1 Å². The number of benzene rings is 1. The van der Waals surface area contributed by atoms with Gasteiger partial charge in [0.2, 0.25) is 0 Å². The molecule has 0 bridgehead atoms. The van der Waals surface area contributed by atoms with Crippen molar-refractivity contribution in [2.45, 2.75) is 27.2 Å². The van der Waals surface area contributed by atoms with Gasteiger partial charge in [0.05, 0.1) is 0 Å². The Bertz CT molecular complexity index is 282. The van der Waals surface area contributed by atoms with Gasteiger partial charge in [0, 0.05) is 0 Å². The largest absolute Gasteiger partial charge is 0.0839 e. The van der Waals surface area contributed by atoms with Crippen molar-refractivity contribution in [1.29, 1.82) is 0 Å². The van der Waals surface area contributed by atoms with Crippen LogP contribution in [0, 0.1) is 6.92 Å². The Balaban J connectivity index is 3.02. The molecule has 0 aliphatic heterocycles. The van der Waals surface area contributed by atoms with Crippen LogP contribution in [0.25, 0.3) is 5.57 Å². The minimum absolute atomic E-state index is 1.11. The number of hydrogen-bond acceptors (Lipinski definition) is 0. The number of hydrogen-bond donors (Lipinski definition) is 0. The molecule has 1 rings (SSSR count). The van der Waals surface area contributed by atoms with Gasteiger partial charge in [-0.25, -0.2) is 0 Å². The summed E-state index contributed by atoms with van der Waals surface area (Å²) in [5.74, 6) is 0. The Morgan fingerprint density at radius 1 is 1.42 bits per heavy atom. The lowest BCUT2D eigenvalue weighted by Gasteiger charge is -2.04. The molecule has 0 aromatic heterocycles. The molecule has 0 heteroatoms. The topological polar surface area (TPSA) is 0 Å². The highest BCUT2D eigenvalue weighted by molar-refractivity contribution is 5.65. The van der Waals surface area contributed by atoms with Gasteiger partial charge in [-0.1, -0.05) is 42.8 Å². The minimum atomic E-state index is 1.11. The first-order valence-electron chi connectivity index (χ1n) is 4.50. The molecule has 0 amide bonds. The second kappa shape index (κ2) is 4.10. The van der Waals surface area contributed by atoms with Crippen molar-refractivity contribution in [3.8, 4) is 0 Å². The lowest BCUT2D eigenvalue weighted by Crippen LogP contribution is -1.82. The predicted molar refractivity (Wildman–Crippen MR) is 55.1 cm³/mol. The quantitative estimate of drug-likeness (QED) is 0.617. The summed E-state index contributed by atoms with van der Waals surface area (Å²) in [6.45, 7) is 6.42. The Morgan fingerprint density at radius 3 is 2.67 bits per heavy atom. The van der Waals surface area contributed by atoms with E-state index >= 15 is 0 Å². The molecule has 0 saturated carbocycles. The van der Waals surface area contributed by atoms with E-state index in [9.17, 15) is 0 Å². The SMILES string of the molecule is C/C=C(/CC)c1cccc(C)c1. The molecule has 0 radical (unpaired) electrons. The Morgan fingerprint density at radius 2 is 2.17 bits per heavy atom. The van der Waals surface area contributed by atoms with E-state index in [1.807, 2.05) is 0 Å². The van der Waals surface area contributed by atoms with E-state index in [0.29, 0.717) is 0 Å². The Hall–Kier alpha value is -1.04. The molecular formula is C12H16. The summed E-state index contributed by atoms with van der Waals surface area (Å²) in [6, 6.07) is 8.65. The standard InChI is InChI=1S/C12H16/c1-4-11(5-2)12-8-6-7-10(3)9-12/h4,6-9H,5H2,1-3H3/b11-4-. The van der Waals surface area contributed by atoms with Crippen LogP contribution in [0.2, 0.25) is 0 Å². The highest BCUT2D eigenvalue weighted by atomic mass is 14.0. The zero-order valence-electron chi connectivity index (χ0n) is 8.09. The van der Waals surface area contributed by atoms with Gasteiger partial charge in [0.25, 0.3) is 0 Å². The monoisotopic (exact) mass is 160 g/mol. The summed E-state index contributed by atoms with van der Waals surface area (Å²) in [4.78, 5) is 0.